The Hall–Kier alpha value is -4.69. The van der Waals surface area contributed by atoms with Gasteiger partial charge in [0.05, 0.1) is 23.0 Å². The SMILES string of the molecule is Cc1ccc(N(CCC#N)C(=O)C(C#N)=Cc2ccc(-c3ccccc3[N+](=O)[O-])o2)cc1. The van der Waals surface area contributed by atoms with E-state index >= 15 is 0 Å². The Morgan fingerprint density at radius 1 is 1.12 bits per heavy atom. The zero-order valence-corrected chi connectivity index (χ0v) is 17.2. The molecule has 0 aliphatic carbocycles. The first kappa shape index (κ1) is 22.0. The largest absolute Gasteiger partial charge is 0.456 e. The number of carbonyl (C=O) groups excluding carboxylic acids is 1. The number of carbonyl (C=O) groups is 1. The fraction of sp³-hybridized carbons (Fsp3) is 0.125. The van der Waals surface area contributed by atoms with Crippen molar-refractivity contribution in [3.8, 4) is 23.5 Å². The van der Waals surface area contributed by atoms with E-state index in [0.717, 1.165) is 5.56 Å². The number of anilines is 1. The number of nitro benzene ring substituents is 1. The van der Waals surface area contributed by atoms with Crippen molar-refractivity contribution in [1.29, 1.82) is 10.5 Å². The van der Waals surface area contributed by atoms with Gasteiger partial charge in [0.15, 0.2) is 0 Å². The summed E-state index contributed by atoms with van der Waals surface area (Å²) in [7, 11) is 0. The monoisotopic (exact) mass is 426 g/mol. The van der Waals surface area contributed by atoms with E-state index in [0.29, 0.717) is 5.69 Å². The van der Waals surface area contributed by atoms with Gasteiger partial charge in [-0.25, -0.2) is 0 Å². The van der Waals surface area contributed by atoms with Gasteiger partial charge < -0.3 is 9.32 Å². The number of aryl methyl sites for hydroxylation is 1. The van der Waals surface area contributed by atoms with E-state index < -0.39 is 10.8 Å². The van der Waals surface area contributed by atoms with E-state index in [2.05, 4.69) is 0 Å². The molecule has 0 radical (unpaired) electrons. The summed E-state index contributed by atoms with van der Waals surface area (Å²) in [5.74, 6) is -0.129. The van der Waals surface area contributed by atoms with Crippen LogP contribution in [0.25, 0.3) is 17.4 Å². The number of nitrogens with zero attached hydrogens (tertiary/aromatic N) is 4. The number of nitriles is 2. The normalized spacial score (nSPS) is 10.8. The Labute approximate surface area is 184 Å². The standard InChI is InChI=1S/C24H18N4O4/c1-17-7-9-19(10-8-17)27(14-4-13-25)24(29)18(16-26)15-20-11-12-23(32-20)21-5-2-3-6-22(21)28(30)31/h2-3,5-12,15H,4,14H2,1H3. The summed E-state index contributed by atoms with van der Waals surface area (Å²) in [6, 6.07) is 20.3. The lowest BCUT2D eigenvalue weighted by molar-refractivity contribution is -0.384. The molecule has 0 spiro atoms. The number of rotatable bonds is 7. The Kier molecular flexibility index (Phi) is 6.79. The number of hydrogen-bond donors (Lipinski definition) is 0. The van der Waals surface area contributed by atoms with Crippen LogP contribution in [0.1, 0.15) is 17.7 Å². The molecule has 0 saturated heterocycles. The topological polar surface area (TPSA) is 124 Å². The van der Waals surface area contributed by atoms with Crippen molar-refractivity contribution >= 4 is 23.4 Å². The van der Waals surface area contributed by atoms with Crippen molar-refractivity contribution in [2.24, 2.45) is 0 Å². The maximum Gasteiger partial charge on any atom is 0.280 e. The second-order valence-electron chi connectivity index (χ2n) is 6.85. The molecular weight excluding hydrogens is 408 g/mol. The van der Waals surface area contributed by atoms with E-state index in [9.17, 15) is 20.2 Å². The van der Waals surface area contributed by atoms with Gasteiger partial charge in [-0.2, -0.15) is 10.5 Å². The van der Waals surface area contributed by atoms with Crippen LogP contribution in [-0.4, -0.2) is 17.4 Å². The molecule has 3 aromatic rings. The lowest BCUT2D eigenvalue weighted by atomic mass is 10.1. The molecule has 0 atom stereocenters. The van der Waals surface area contributed by atoms with Gasteiger partial charge >= 0.3 is 0 Å². The first-order valence-electron chi connectivity index (χ1n) is 9.65. The quantitative estimate of drug-likeness (QED) is 0.226. The van der Waals surface area contributed by atoms with E-state index in [1.807, 2.05) is 31.2 Å². The summed E-state index contributed by atoms with van der Waals surface area (Å²) in [5, 5.41) is 29.8. The molecular formula is C24H18N4O4. The molecule has 8 heteroatoms. The van der Waals surface area contributed by atoms with Gasteiger partial charge in [0.1, 0.15) is 23.2 Å². The molecule has 8 nitrogen and oxygen atoms in total. The second-order valence-corrected chi connectivity index (χ2v) is 6.85. The molecule has 0 saturated carbocycles. The van der Waals surface area contributed by atoms with Gasteiger partial charge in [-0.05, 0) is 37.3 Å². The Morgan fingerprint density at radius 2 is 1.84 bits per heavy atom. The van der Waals surface area contributed by atoms with Crippen molar-refractivity contribution in [3.63, 3.8) is 0 Å². The number of amides is 1. The zero-order valence-electron chi connectivity index (χ0n) is 17.2. The molecule has 2 aromatic carbocycles. The van der Waals surface area contributed by atoms with Crippen LogP contribution >= 0.6 is 0 Å². The summed E-state index contributed by atoms with van der Waals surface area (Å²) >= 11 is 0. The van der Waals surface area contributed by atoms with E-state index in [1.165, 1.54) is 23.1 Å². The highest BCUT2D eigenvalue weighted by molar-refractivity contribution is 6.11. The molecule has 1 amide bonds. The third kappa shape index (κ3) is 4.89. The molecule has 3 rings (SSSR count). The maximum absolute atomic E-state index is 13.1. The molecule has 1 heterocycles. The van der Waals surface area contributed by atoms with Gasteiger partial charge in [-0.1, -0.05) is 29.8 Å². The third-order valence-electron chi connectivity index (χ3n) is 4.67. The van der Waals surface area contributed by atoms with Crippen LogP contribution in [0.2, 0.25) is 0 Å². The van der Waals surface area contributed by atoms with Crippen molar-refractivity contribution in [1.82, 2.24) is 0 Å². The summed E-state index contributed by atoms with van der Waals surface area (Å²) in [6.07, 6.45) is 1.38. The summed E-state index contributed by atoms with van der Waals surface area (Å²) in [6.45, 7) is 2.04. The predicted molar refractivity (Wildman–Crippen MR) is 118 cm³/mol. The minimum atomic E-state index is -0.574. The molecule has 32 heavy (non-hydrogen) atoms. The fourth-order valence-electron chi connectivity index (χ4n) is 3.08. The van der Waals surface area contributed by atoms with Crippen molar-refractivity contribution in [2.45, 2.75) is 13.3 Å². The summed E-state index contributed by atoms with van der Waals surface area (Å²) in [4.78, 5) is 25.2. The van der Waals surface area contributed by atoms with Crippen LogP contribution in [-0.2, 0) is 4.79 Å². The van der Waals surface area contributed by atoms with Crippen molar-refractivity contribution in [2.75, 3.05) is 11.4 Å². The Bertz CT molecular complexity index is 1260. The van der Waals surface area contributed by atoms with Crippen LogP contribution in [0.15, 0.2) is 70.7 Å². The molecule has 0 fully saturated rings. The zero-order chi connectivity index (χ0) is 23.1. The average molecular weight is 426 g/mol. The van der Waals surface area contributed by atoms with Crippen LogP contribution in [0.5, 0.6) is 0 Å². The summed E-state index contributed by atoms with van der Waals surface area (Å²) < 4.78 is 5.67. The molecule has 158 valence electrons. The van der Waals surface area contributed by atoms with E-state index in [4.69, 9.17) is 9.68 Å². The van der Waals surface area contributed by atoms with Gasteiger partial charge in [0, 0.05) is 24.4 Å². The first-order chi connectivity index (χ1) is 15.4. The second kappa shape index (κ2) is 9.88. The van der Waals surface area contributed by atoms with Crippen LogP contribution < -0.4 is 4.90 Å². The molecule has 0 aliphatic heterocycles. The van der Waals surface area contributed by atoms with Gasteiger partial charge in [0.25, 0.3) is 11.6 Å². The lowest BCUT2D eigenvalue weighted by Crippen LogP contribution is -2.32. The van der Waals surface area contributed by atoms with E-state index in [-0.39, 0.29) is 41.3 Å². The smallest absolute Gasteiger partial charge is 0.280 e. The molecule has 1 aromatic heterocycles. The number of nitro groups is 1. The molecule has 0 N–H and O–H groups in total. The maximum atomic E-state index is 13.1. The number of para-hydroxylation sites is 1. The Balaban J connectivity index is 1.94. The first-order valence-corrected chi connectivity index (χ1v) is 9.65. The lowest BCUT2D eigenvalue weighted by Gasteiger charge is -2.21. The molecule has 0 unspecified atom stereocenters. The highest BCUT2D eigenvalue weighted by atomic mass is 16.6. The van der Waals surface area contributed by atoms with Gasteiger partial charge in [0.2, 0.25) is 0 Å². The Morgan fingerprint density at radius 3 is 2.50 bits per heavy atom. The fourth-order valence-corrected chi connectivity index (χ4v) is 3.08. The number of hydrogen-bond acceptors (Lipinski definition) is 6. The highest BCUT2D eigenvalue weighted by Crippen LogP contribution is 2.31. The minimum Gasteiger partial charge on any atom is -0.456 e. The van der Waals surface area contributed by atoms with Crippen LogP contribution in [0, 0.1) is 39.7 Å². The predicted octanol–water partition coefficient (Wildman–Crippen LogP) is 5.02. The average Bonchev–Trinajstić information content (AvgIpc) is 3.27. The molecule has 0 aliphatic rings. The number of benzene rings is 2. The van der Waals surface area contributed by atoms with Crippen molar-refractivity contribution < 1.29 is 14.1 Å². The van der Waals surface area contributed by atoms with Gasteiger partial charge in [-0.15, -0.1) is 0 Å². The minimum absolute atomic E-state index is 0.0981. The van der Waals surface area contributed by atoms with Crippen LogP contribution in [0.4, 0.5) is 11.4 Å². The van der Waals surface area contributed by atoms with Gasteiger partial charge in [-0.3, -0.25) is 14.9 Å². The van der Waals surface area contributed by atoms with Crippen LogP contribution in [0.3, 0.4) is 0 Å². The highest BCUT2D eigenvalue weighted by Gasteiger charge is 2.21. The van der Waals surface area contributed by atoms with E-state index in [1.54, 1.807) is 36.4 Å². The third-order valence-corrected chi connectivity index (χ3v) is 4.67. The molecule has 0 bridgehead atoms. The number of furan rings is 1. The van der Waals surface area contributed by atoms with Crippen molar-refractivity contribution in [3.05, 3.63) is 87.7 Å². The summed E-state index contributed by atoms with van der Waals surface area (Å²) in [5.41, 5.74) is 1.56.